The van der Waals surface area contributed by atoms with Crippen LogP contribution in [-0.4, -0.2) is 34.8 Å². The molecule has 2 heterocycles. The molecular formula is C12H16ClN3OS. The summed E-state index contributed by atoms with van der Waals surface area (Å²) in [5.41, 5.74) is 0. The molecule has 2 aromatic rings. The Balaban J connectivity index is 2.52. The van der Waals surface area contributed by atoms with Gasteiger partial charge in [0.15, 0.2) is 0 Å². The zero-order valence-electron chi connectivity index (χ0n) is 10.5. The second kappa shape index (κ2) is 5.82. The average Bonchev–Trinajstić information content (AvgIpc) is 2.68. The zero-order chi connectivity index (χ0) is 13.1. The number of nitrogens with zero attached hydrogens (tertiary/aromatic N) is 3. The minimum Gasteiger partial charge on any atom is -0.395 e. The summed E-state index contributed by atoms with van der Waals surface area (Å²) in [4.78, 5) is 12.7. The monoisotopic (exact) mass is 285 g/mol. The summed E-state index contributed by atoms with van der Waals surface area (Å²) in [6, 6.07) is 2.08. The van der Waals surface area contributed by atoms with Crippen molar-refractivity contribution >= 4 is 39.0 Å². The standard InChI is InChI=1S/C12H16ClN3OS/c1-3-4-16(5-6-17)10-9-7-8(2)18-11(9)15-12(13)14-10/h7,17H,3-6H2,1-2H3. The van der Waals surface area contributed by atoms with Gasteiger partial charge in [-0.1, -0.05) is 6.92 Å². The lowest BCUT2D eigenvalue weighted by Crippen LogP contribution is -2.28. The summed E-state index contributed by atoms with van der Waals surface area (Å²) < 4.78 is 0. The van der Waals surface area contributed by atoms with Crippen LogP contribution in [0.4, 0.5) is 5.82 Å². The molecule has 18 heavy (non-hydrogen) atoms. The van der Waals surface area contributed by atoms with Gasteiger partial charge in [-0.2, -0.15) is 4.98 Å². The maximum absolute atomic E-state index is 9.16. The number of aromatic nitrogens is 2. The molecular weight excluding hydrogens is 270 g/mol. The lowest BCUT2D eigenvalue weighted by molar-refractivity contribution is 0.301. The van der Waals surface area contributed by atoms with E-state index in [2.05, 4.69) is 27.9 Å². The number of aliphatic hydroxyl groups excluding tert-OH is 1. The van der Waals surface area contributed by atoms with E-state index in [1.165, 1.54) is 4.88 Å². The van der Waals surface area contributed by atoms with Crippen LogP contribution in [0.1, 0.15) is 18.2 Å². The first kappa shape index (κ1) is 13.5. The molecule has 6 heteroatoms. The van der Waals surface area contributed by atoms with Crippen molar-refractivity contribution < 1.29 is 5.11 Å². The Morgan fingerprint density at radius 3 is 2.83 bits per heavy atom. The predicted molar refractivity (Wildman–Crippen MR) is 76.8 cm³/mol. The number of thiophene rings is 1. The Morgan fingerprint density at radius 2 is 2.17 bits per heavy atom. The largest absolute Gasteiger partial charge is 0.395 e. The maximum Gasteiger partial charge on any atom is 0.225 e. The predicted octanol–water partition coefficient (Wildman–Crippen LogP) is 2.86. The Morgan fingerprint density at radius 1 is 1.39 bits per heavy atom. The van der Waals surface area contributed by atoms with Crippen LogP contribution in [0.25, 0.3) is 10.2 Å². The number of hydrogen-bond donors (Lipinski definition) is 1. The van der Waals surface area contributed by atoms with E-state index < -0.39 is 0 Å². The minimum absolute atomic E-state index is 0.103. The molecule has 0 spiro atoms. The van der Waals surface area contributed by atoms with Crippen LogP contribution in [-0.2, 0) is 0 Å². The van der Waals surface area contributed by atoms with Gasteiger partial charge in [0.2, 0.25) is 5.28 Å². The molecule has 4 nitrogen and oxygen atoms in total. The van der Waals surface area contributed by atoms with Crippen LogP contribution in [0.15, 0.2) is 6.07 Å². The van der Waals surface area contributed by atoms with Gasteiger partial charge in [0.25, 0.3) is 0 Å². The third kappa shape index (κ3) is 2.74. The Bertz CT molecular complexity index is 537. The van der Waals surface area contributed by atoms with Crippen LogP contribution in [0.3, 0.4) is 0 Å². The number of hydrogen-bond acceptors (Lipinski definition) is 5. The fourth-order valence-corrected chi connectivity index (χ4v) is 3.05. The first-order chi connectivity index (χ1) is 8.65. The van der Waals surface area contributed by atoms with Crippen LogP contribution in [0.5, 0.6) is 0 Å². The third-order valence-electron chi connectivity index (χ3n) is 2.63. The number of anilines is 1. The Labute approximate surface area is 115 Å². The van der Waals surface area contributed by atoms with Crippen molar-refractivity contribution in [2.45, 2.75) is 20.3 Å². The SMILES string of the molecule is CCCN(CCO)c1nc(Cl)nc2sc(C)cc12. The summed E-state index contributed by atoms with van der Waals surface area (Å²) in [5.74, 6) is 0.824. The highest BCUT2D eigenvalue weighted by Crippen LogP contribution is 2.31. The van der Waals surface area contributed by atoms with E-state index >= 15 is 0 Å². The highest BCUT2D eigenvalue weighted by molar-refractivity contribution is 7.18. The van der Waals surface area contributed by atoms with Crippen molar-refractivity contribution in [3.63, 3.8) is 0 Å². The van der Waals surface area contributed by atoms with Gasteiger partial charge in [-0.25, -0.2) is 4.98 Å². The zero-order valence-corrected chi connectivity index (χ0v) is 12.1. The van der Waals surface area contributed by atoms with E-state index in [0.29, 0.717) is 6.54 Å². The average molecular weight is 286 g/mol. The third-order valence-corrected chi connectivity index (χ3v) is 3.74. The van der Waals surface area contributed by atoms with E-state index in [9.17, 15) is 0 Å². The second-order valence-corrected chi connectivity index (χ2v) is 5.68. The van der Waals surface area contributed by atoms with E-state index in [4.69, 9.17) is 16.7 Å². The number of fused-ring (bicyclic) bond motifs is 1. The summed E-state index contributed by atoms with van der Waals surface area (Å²) >= 11 is 7.58. The molecule has 0 aliphatic carbocycles. The van der Waals surface area contributed by atoms with Gasteiger partial charge in [-0.15, -0.1) is 11.3 Å². The molecule has 0 amide bonds. The van der Waals surface area contributed by atoms with E-state index in [-0.39, 0.29) is 11.9 Å². The molecule has 0 atom stereocenters. The van der Waals surface area contributed by atoms with Crippen LogP contribution in [0, 0.1) is 6.92 Å². The quantitative estimate of drug-likeness (QED) is 0.858. The highest BCUT2D eigenvalue weighted by atomic mass is 35.5. The maximum atomic E-state index is 9.16. The fourth-order valence-electron chi connectivity index (χ4n) is 1.96. The van der Waals surface area contributed by atoms with E-state index in [1.807, 2.05) is 6.92 Å². The van der Waals surface area contributed by atoms with Crippen molar-refractivity contribution in [3.05, 3.63) is 16.2 Å². The molecule has 0 bridgehead atoms. The van der Waals surface area contributed by atoms with Crippen LogP contribution in [0.2, 0.25) is 5.28 Å². The first-order valence-electron chi connectivity index (χ1n) is 5.95. The Hall–Kier alpha value is -0.910. The molecule has 0 aromatic carbocycles. The molecule has 98 valence electrons. The van der Waals surface area contributed by atoms with Crippen molar-refractivity contribution in [1.82, 2.24) is 9.97 Å². The van der Waals surface area contributed by atoms with Gasteiger partial charge < -0.3 is 10.0 Å². The highest BCUT2D eigenvalue weighted by Gasteiger charge is 2.15. The summed E-state index contributed by atoms with van der Waals surface area (Å²) in [5, 5.41) is 10.4. The molecule has 0 radical (unpaired) electrons. The van der Waals surface area contributed by atoms with Gasteiger partial charge in [-0.3, -0.25) is 0 Å². The van der Waals surface area contributed by atoms with Gasteiger partial charge in [0.1, 0.15) is 10.6 Å². The number of rotatable bonds is 5. The molecule has 0 aliphatic rings. The van der Waals surface area contributed by atoms with Gasteiger partial charge >= 0.3 is 0 Å². The minimum atomic E-state index is 0.103. The van der Waals surface area contributed by atoms with Crippen molar-refractivity contribution in [2.75, 3.05) is 24.6 Å². The number of aryl methyl sites for hydroxylation is 1. The summed E-state index contributed by atoms with van der Waals surface area (Å²) in [7, 11) is 0. The number of aliphatic hydroxyl groups is 1. The van der Waals surface area contributed by atoms with Crippen molar-refractivity contribution in [2.24, 2.45) is 0 Å². The lowest BCUT2D eigenvalue weighted by atomic mass is 10.3. The van der Waals surface area contributed by atoms with Gasteiger partial charge in [0, 0.05) is 18.0 Å². The fraction of sp³-hybridized carbons (Fsp3) is 0.500. The van der Waals surface area contributed by atoms with Crippen molar-refractivity contribution in [1.29, 1.82) is 0 Å². The lowest BCUT2D eigenvalue weighted by Gasteiger charge is -2.22. The summed E-state index contributed by atoms with van der Waals surface area (Å²) in [6.07, 6.45) is 0.992. The molecule has 0 saturated heterocycles. The smallest absolute Gasteiger partial charge is 0.225 e. The van der Waals surface area contributed by atoms with E-state index in [1.54, 1.807) is 11.3 Å². The number of halogens is 1. The van der Waals surface area contributed by atoms with Gasteiger partial charge in [-0.05, 0) is 31.0 Å². The van der Waals surface area contributed by atoms with Crippen LogP contribution < -0.4 is 4.90 Å². The molecule has 0 saturated carbocycles. The van der Waals surface area contributed by atoms with Crippen molar-refractivity contribution in [3.8, 4) is 0 Å². The molecule has 0 fully saturated rings. The van der Waals surface area contributed by atoms with Gasteiger partial charge in [0.05, 0.1) is 12.0 Å². The molecule has 1 N–H and O–H groups in total. The molecule has 0 aliphatic heterocycles. The molecule has 0 unspecified atom stereocenters. The normalized spacial score (nSPS) is 11.1. The second-order valence-electron chi connectivity index (χ2n) is 4.10. The Kier molecular flexibility index (Phi) is 4.37. The molecule has 2 aromatic heterocycles. The summed E-state index contributed by atoms with van der Waals surface area (Å²) in [6.45, 7) is 5.65. The van der Waals surface area contributed by atoms with Crippen LogP contribution >= 0.6 is 22.9 Å². The van der Waals surface area contributed by atoms with E-state index in [0.717, 1.165) is 29.0 Å². The topological polar surface area (TPSA) is 49.2 Å². The first-order valence-corrected chi connectivity index (χ1v) is 7.14. The molecule has 2 rings (SSSR count).